The van der Waals surface area contributed by atoms with E-state index in [1.54, 1.807) is 31.4 Å². The highest BCUT2D eigenvalue weighted by atomic mass is 16.5. The quantitative estimate of drug-likeness (QED) is 0.229. The number of ketones is 1. The van der Waals surface area contributed by atoms with Crippen LogP contribution in [0.2, 0.25) is 0 Å². The first-order valence-corrected chi connectivity index (χ1v) is 12.5. The molecule has 0 spiro atoms. The third-order valence-electron chi connectivity index (χ3n) is 6.83. The second-order valence-electron chi connectivity index (χ2n) is 9.55. The molecule has 1 fully saturated rings. The molecule has 1 aliphatic rings. The molecular formula is C31H33NO5. The predicted molar refractivity (Wildman–Crippen MR) is 145 cm³/mol. The van der Waals surface area contributed by atoms with E-state index in [0.29, 0.717) is 29.2 Å². The van der Waals surface area contributed by atoms with Crippen LogP contribution in [0.15, 0.2) is 66.2 Å². The van der Waals surface area contributed by atoms with Gasteiger partial charge in [0.15, 0.2) is 0 Å². The van der Waals surface area contributed by atoms with Crippen molar-refractivity contribution < 1.29 is 24.2 Å². The van der Waals surface area contributed by atoms with Crippen LogP contribution in [-0.2, 0) is 9.59 Å². The van der Waals surface area contributed by atoms with Gasteiger partial charge in [-0.1, -0.05) is 32.0 Å². The lowest BCUT2D eigenvalue weighted by atomic mass is 9.93. The first-order valence-electron chi connectivity index (χ1n) is 12.5. The zero-order chi connectivity index (χ0) is 26.9. The number of nitrogens with zero attached hydrogens (tertiary/aromatic N) is 1. The van der Waals surface area contributed by atoms with Crippen molar-refractivity contribution in [3.8, 4) is 11.5 Å². The molecule has 1 N–H and O–H groups in total. The first kappa shape index (κ1) is 26.0. The summed E-state index contributed by atoms with van der Waals surface area (Å²) in [5.41, 5.74) is 4.73. The van der Waals surface area contributed by atoms with Crippen LogP contribution in [0.1, 0.15) is 60.5 Å². The van der Waals surface area contributed by atoms with Crippen molar-refractivity contribution in [2.24, 2.45) is 0 Å². The molecule has 6 nitrogen and oxygen atoms in total. The van der Waals surface area contributed by atoms with Gasteiger partial charge in [-0.2, -0.15) is 0 Å². The fourth-order valence-electron chi connectivity index (χ4n) is 4.69. The Morgan fingerprint density at radius 2 is 1.76 bits per heavy atom. The Bertz CT molecular complexity index is 1390. The van der Waals surface area contributed by atoms with Crippen molar-refractivity contribution >= 4 is 23.1 Å². The van der Waals surface area contributed by atoms with Gasteiger partial charge in [-0.05, 0) is 91.4 Å². The Balaban J connectivity index is 1.95. The van der Waals surface area contributed by atoms with E-state index in [0.717, 1.165) is 22.4 Å². The molecule has 3 aromatic rings. The molecule has 0 radical (unpaired) electrons. The Hall–Kier alpha value is -4.06. The summed E-state index contributed by atoms with van der Waals surface area (Å²) in [6.45, 7) is 10.5. The average Bonchev–Trinajstić information content (AvgIpc) is 3.15. The topological polar surface area (TPSA) is 76.1 Å². The molecule has 1 saturated heterocycles. The van der Waals surface area contributed by atoms with Crippen LogP contribution >= 0.6 is 0 Å². The number of rotatable bonds is 7. The van der Waals surface area contributed by atoms with Crippen molar-refractivity contribution in [2.45, 2.75) is 46.6 Å². The fourth-order valence-corrected chi connectivity index (χ4v) is 4.69. The number of aliphatic hydroxyl groups excluding tert-OH is 1. The van der Waals surface area contributed by atoms with E-state index in [2.05, 4.69) is 0 Å². The number of Topliss-reactive ketones (excluding diaryl/α,β-unsaturated/α-hetero) is 1. The molecule has 3 aromatic carbocycles. The van der Waals surface area contributed by atoms with E-state index < -0.39 is 17.7 Å². The second-order valence-corrected chi connectivity index (χ2v) is 9.55. The van der Waals surface area contributed by atoms with Gasteiger partial charge < -0.3 is 14.6 Å². The van der Waals surface area contributed by atoms with Crippen LogP contribution in [0.3, 0.4) is 0 Å². The summed E-state index contributed by atoms with van der Waals surface area (Å²) < 4.78 is 11.2. The van der Waals surface area contributed by atoms with Gasteiger partial charge in [0.25, 0.3) is 11.7 Å². The molecule has 0 saturated carbocycles. The number of methoxy groups -OCH3 is 1. The predicted octanol–water partition coefficient (Wildman–Crippen LogP) is 6.46. The van der Waals surface area contributed by atoms with Gasteiger partial charge in [0.1, 0.15) is 17.3 Å². The van der Waals surface area contributed by atoms with Crippen molar-refractivity contribution in [1.82, 2.24) is 0 Å². The van der Waals surface area contributed by atoms with E-state index >= 15 is 0 Å². The summed E-state index contributed by atoms with van der Waals surface area (Å²) in [6.07, 6.45) is 0. The zero-order valence-electron chi connectivity index (χ0n) is 22.2. The Morgan fingerprint density at radius 3 is 2.41 bits per heavy atom. The molecule has 0 bridgehead atoms. The molecular weight excluding hydrogens is 466 g/mol. The Kier molecular flexibility index (Phi) is 7.39. The number of benzene rings is 3. The number of aryl methyl sites for hydroxylation is 2. The van der Waals surface area contributed by atoms with Crippen LogP contribution in [0, 0.1) is 13.8 Å². The number of hydrogen-bond acceptors (Lipinski definition) is 5. The third-order valence-corrected chi connectivity index (χ3v) is 6.83. The molecule has 1 aliphatic heterocycles. The molecule has 192 valence electrons. The number of amides is 1. The molecule has 1 atom stereocenters. The highest BCUT2D eigenvalue weighted by molar-refractivity contribution is 6.51. The minimum atomic E-state index is -0.828. The second kappa shape index (κ2) is 10.5. The van der Waals surface area contributed by atoms with E-state index in [1.807, 2.05) is 71.0 Å². The molecule has 37 heavy (non-hydrogen) atoms. The van der Waals surface area contributed by atoms with Crippen LogP contribution in [0.4, 0.5) is 5.69 Å². The number of hydrogen-bond donors (Lipinski definition) is 1. The maximum absolute atomic E-state index is 13.5. The minimum absolute atomic E-state index is 0.0374. The van der Waals surface area contributed by atoms with Crippen LogP contribution in [0.25, 0.3) is 5.76 Å². The highest BCUT2D eigenvalue weighted by Gasteiger charge is 2.47. The Labute approximate surface area is 218 Å². The molecule has 0 aliphatic carbocycles. The molecule has 1 unspecified atom stereocenters. The molecule has 6 heteroatoms. The summed E-state index contributed by atoms with van der Waals surface area (Å²) in [5, 5.41) is 11.6. The lowest BCUT2D eigenvalue weighted by molar-refractivity contribution is -0.132. The Morgan fingerprint density at radius 1 is 1.00 bits per heavy atom. The number of carbonyl (C=O) groups excluding carboxylic acids is 2. The van der Waals surface area contributed by atoms with Crippen molar-refractivity contribution in [3.63, 3.8) is 0 Å². The van der Waals surface area contributed by atoms with Gasteiger partial charge in [0.2, 0.25) is 0 Å². The fraction of sp³-hybridized carbons (Fsp3) is 0.290. The van der Waals surface area contributed by atoms with Crippen molar-refractivity contribution in [1.29, 1.82) is 0 Å². The van der Waals surface area contributed by atoms with E-state index in [-0.39, 0.29) is 17.3 Å². The summed E-state index contributed by atoms with van der Waals surface area (Å²) in [7, 11) is 1.56. The molecule has 1 amide bonds. The standard InChI is InChI=1S/C31H33NO5/c1-7-37-26-14-12-22(17-25(26)18(2)3)29(33)27-28(21-9-8-10-24(16-21)36-6)32(31(35)30(27)34)23-13-11-19(4)20(5)15-23/h8-18,28,33H,7H2,1-6H3/b29-27-. The van der Waals surface area contributed by atoms with Crippen LogP contribution in [0.5, 0.6) is 11.5 Å². The zero-order valence-corrected chi connectivity index (χ0v) is 22.2. The van der Waals surface area contributed by atoms with Gasteiger partial charge in [0.05, 0.1) is 25.3 Å². The van der Waals surface area contributed by atoms with Gasteiger partial charge in [0, 0.05) is 11.3 Å². The summed E-state index contributed by atoms with van der Waals surface area (Å²) in [5.74, 6) is -0.194. The summed E-state index contributed by atoms with van der Waals surface area (Å²) in [4.78, 5) is 28.5. The molecule has 0 aromatic heterocycles. The van der Waals surface area contributed by atoms with Gasteiger partial charge in [-0.15, -0.1) is 0 Å². The van der Waals surface area contributed by atoms with E-state index in [1.165, 1.54) is 4.90 Å². The van der Waals surface area contributed by atoms with Crippen LogP contribution < -0.4 is 14.4 Å². The monoisotopic (exact) mass is 499 g/mol. The van der Waals surface area contributed by atoms with Gasteiger partial charge in [-0.25, -0.2) is 0 Å². The molecule has 4 rings (SSSR count). The number of aliphatic hydroxyl groups is 1. The number of anilines is 1. The minimum Gasteiger partial charge on any atom is -0.507 e. The lowest BCUT2D eigenvalue weighted by Crippen LogP contribution is -2.29. The summed E-state index contributed by atoms with van der Waals surface area (Å²) in [6, 6.07) is 17.4. The third kappa shape index (κ3) is 4.84. The highest BCUT2D eigenvalue weighted by Crippen LogP contribution is 2.43. The number of ether oxygens (including phenoxy) is 2. The normalized spacial score (nSPS) is 16.9. The average molecular weight is 500 g/mol. The maximum atomic E-state index is 13.5. The van der Waals surface area contributed by atoms with Crippen molar-refractivity contribution in [2.75, 3.05) is 18.6 Å². The SMILES string of the molecule is CCOc1ccc(/C(O)=C2/C(=O)C(=O)N(c3ccc(C)c(C)c3)C2c2cccc(OC)c2)cc1C(C)C. The largest absolute Gasteiger partial charge is 0.507 e. The van der Waals surface area contributed by atoms with E-state index in [4.69, 9.17) is 9.47 Å². The first-order chi connectivity index (χ1) is 17.7. The van der Waals surface area contributed by atoms with Crippen LogP contribution in [-0.4, -0.2) is 30.5 Å². The van der Waals surface area contributed by atoms with Gasteiger partial charge in [-0.3, -0.25) is 14.5 Å². The van der Waals surface area contributed by atoms with E-state index in [9.17, 15) is 14.7 Å². The van der Waals surface area contributed by atoms with Crippen molar-refractivity contribution in [3.05, 3.63) is 94.1 Å². The summed E-state index contributed by atoms with van der Waals surface area (Å²) >= 11 is 0. The molecule has 1 heterocycles. The smallest absolute Gasteiger partial charge is 0.300 e. The lowest BCUT2D eigenvalue weighted by Gasteiger charge is -2.26. The maximum Gasteiger partial charge on any atom is 0.300 e. The van der Waals surface area contributed by atoms with Gasteiger partial charge >= 0.3 is 0 Å². The number of carbonyl (C=O) groups is 2.